The van der Waals surface area contributed by atoms with E-state index in [1.54, 1.807) is 6.33 Å². The maximum absolute atomic E-state index is 13.6. The molecular formula is C22H24FN7O. The number of carbonyl (C=O) groups excluding carboxylic acids is 1. The molecule has 0 bridgehead atoms. The molecule has 3 N–H and O–H groups in total. The number of hydrogen-bond donors (Lipinski definition) is 3. The second-order valence-corrected chi connectivity index (χ2v) is 7.19. The molecule has 0 spiro atoms. The van der Waals surface area contributed by atoms with E-state index in [1.807, 2.05) is 35.8 Å². The van der Waals surface area contributed by atoms with Crippen molar-refractivity contribution >= 4 is 16.9 Å². The van der Waals surface area contributed by atoms with Crippen molar-refractivity contribution < 1.29 is 9.18 Å². The Labute approximate surface area is 178 Å². The second-order valence-electron chi connectivity index (χ2n) is 7.19. The van der Waals surface area contributed by atoms with Gasteiger partial charge < -0.3 is 20.2 Å². The number of pyridine rings is 1. The Morgan fingerprint density at radius 3 is 2.87 bits per heavy atom. The number of nitrogens with zero attached hydrogens (tertiary/aromatic N) is 4. The fourth-order valence-corrected chi connectivity index (χ4v) is 3.34. The van der Waals surface area contributed by atoms with E-state index in [1.165, 1.54) is 18.3 Å². The summed E-state index contributed by atoms with van der Waals surface area (Å²) in [5.41, 5.74) is 3.31. The van der Waals surface area contributed by atoms with Gasteiger partial charge in [0.15, 0.2) is 0 Å². The number of H-pyrrole nitrogens is 1. The van der Waals surface area contributed by atoms with Crippen molar-refractivity contribution in [3.63, 3.8) is 0 Å². The van der Waals surface area contributed by atoms with Crippen LogP contribution in [-0.4, -0.2) is 43.5 Å². The number of aromatic nitrogens is 5. The molecule has 8 nitrogen and oxygen atoms in total. The molecule has 3 aromatic heterocycles. The number of rotatable bonds is 9. The summed E-state index contributed by atoms with van der Waals surface area (Å²) in [4.78, 5) is 28.4. The van der Waals surface area contributed by atoms with E-state index in [4.69, 9.17) is 0 Å². The first-order valence-corrected chi connectivity index (χ1v) is 10.2. The number of imidazole rings is 2. The summed E-state index contributed by atoms with van der Waals surface area (Å²) in [7, 11) is 0. The third kappa shape index (κ3) is 4.95. The zero-order chi connectivity index (χ0) is 21.6. The van der Waals surface area contributed by atoms with Gasteiger partial charge in [-0.2, -0.15) is 0 Å². The first kappa shape index (κ1) is 20.7. The molecule has 1 amide bonds. The molecule has 0 atom stereocenters. The fraction of sp³-hybridized carbons (Fsp3) is 0.273. The highest BCUT2D eigenvalue weighted by molar-refractivity contribution is 5.93. The summed E-state index contributed by atoms with van der Waals surface area (Å²) in [5.74, 6) is 0.161. The van der Waals surface area contributed by atoms with E-state index in [0.29, 0.717) is 12.2 Å². The highest BCUT2D eigenvalue weighted by Gasteiger charge is 2.15. The van der Waals surface area contributed by atoms with Crippen LogP contribution < -0.4 is 10.6 Å². The quantitative estimate of drug-likeness (QED) is 0.360. The SMILES string of the molecule is Cc1c(C(=O)NCc2ncccc2F)ncn1CCNCCc1nc2ccccc2[nH]1. The number of hydrogen-bond acceptors (Lipinski definition) is 5. The normalized spacial score (nSPS) is 11.2. The van der Waals surface area contributed by atoms with E-state index in [9.17, 15) is 9.18 Å². The Hall–Kier alpha value is -3.59. The number of amides is 1. The molecule has 0 aliphatic heterocycles. The van der Waals surface area contributed by atoms with Crippen LogP contribution in [0.4, 0.5) is 4.39 Å². The molecule has 0 aliphatic carbocycles. The van der Waals surface area contributed by atoms with Gasteiger partial charge in [-0.05, 0) is 31.2 Å². The molecule has 0 unspecified atom stereocenters. The Morgan fingerprint density at radius 2 is 2.03 bits per heavy atom. The van der Waals surface area contributed by atoms with Gasteiger partial charge in [0.1, 0.15) is 17.3 Å². The lowest BCUT2D eigenvalue weighted by Gasteiger charge is -2.08. The van der Waals surface area contributed by atoms with Gasteiger partial charge in [0.25, 0.3) is 5.91 Å². The maximum Gasteiger partial charge on any atom is 0.272 e. The topological polar surface area (TPSA) is 101 Å². The summed E-state index contributed by atoms with van der Waals surface area (Å²) in [6.45, 7) is 4.06. The van der Waals surface area contributed by atoms with Crippen molar-refractivity contribution in [3.05, 3.63) is 77.6 Å². The molecule has 4 aromatic rings. The second kappa shape index (κ2) is 9.48. The van der Waals surface area contributed by atoms with Crippen LogP contribution in [0.15, 0.2) is 48.9 Å². The minimum absolute atomic E-state index is 0.0150. The largest absolute Gasteiger partial charge is 0.345 e. The van der Waals surface area contributed by atoms with Crippen LogP contribution in [0, 0.1) is 12.7 Å². The molecule has 0 aliphatic rings. The molecule has 0 saturated carbocycles. The van der Waals surface area contributed by atoms with Crippen LogP contribution in [0.2, 0.25) is 0 Å². The van der Waals surface area contributed by atoms with Crippen LogP contribution in [0.1, 0.15) is 27.7 Å². The summed E-state index contributed by atoms with van der Waals surface area (Å²) >= 11 is 0. The highest BCUT2D eigenvalue weighted by Crippen LogP contribution is 2.10. The first-order valence-electron chi connectivity index (χ1n) is 10.2. The number of aromatic amines is 1. The minimum atomic E-state index is -0.446. The van der Waals surface area contributed by atoms with Gasteiger partial charge in [-0.1, -0.05) is 12.1 Å². The summed E-state index contributed by atoms with van der Waals surface area (Å²) in [6.07, 6.45) is 3.94. The molecule has 1 aromatic carbocycles. The standard InChI is InChI=1S/C22H24FN7O/c1-15-21(22(31)26-13-19-16(23)5-4-9-25-19)27-14-30(15)12-11-24-10-8-20-28-17-6-2-3-7-18(17)29-20/h2-7,9,14,24H,8,10-13H2,1H3,(H,26,31)(H,28,29). The van der Waals surface area contributed by atoms with Crippen molar-refractivity contribution in [2.45, 2.75) is 26.4 Å². The molecule has 0 radical (unpaired) electrons. The van der Waals surface area contributed by atoms with E-state index in [2.05, 4.69) is 30.6 Å². The minimum Gasteiger partial charge on any atom is -0.345 e. The molecule has 0 fully saturated rings. The third-order valence-electron chi connectivity index (χ3n) is 5.07. The highest BCUT2D eigenvalue weighted by atomic mass is 19.1. The Morgan fingerprint density at radius 1 is 1.16 bits per heavy atom. The van der Waals surface area contributed by atoms with Crippen LogP contribution >= 0.6 is 0 Å². The van der Waals surface area contributed by atoms with Crippen molar-refractivity contribution in [2.24, 2.45) is 0 Å². The Kier molecular flexibility index (Phi) is 6.32. The van der Waals surface area contributed by atoms with Gasteiger partial charge in [0.2, 0.25) is 0 Å². The van der Waals surface area contributed by atoms with Gasteiger partial charge >= 0.3 is 0 Å². The average Bonchev–Trinajstić information content (AvgIpc) is 3.36. The molecule has 31 heavy (non-hydrogen) atoms. The van der Waals surface area contributed by atoms with E-state index in [0.717, 1.165) is 42.1 Å². The van der Waals surface area contributed by atoms with E-state index >= 15 is 0 Å². The van der Waals surface area contributed by atoms with Crippen molar-refractivity contribution in [3.8, 4) is 0 Å². The predicted molar refractivity (Wildman–Crippen MR) is 115 cm³/mol. The van der Waals surface area contributed by atoms with Crippen LogP contribution in [0.25, 0.3) is 11.0 Å². The fourth-order valence-electron chi connectivity index (χ4n) is 3.34. The lowest BCUT2D eigenvalue weighted by molar-refractivity contribution is 0.0944. The van der Waals surface area contributed by atoms with Crippen molar-refractivity contribution in [1.82, 2.24) is 35.1 Å². The number of fused-ring (bicyclic) bond motifs is 1. The van der Waals surface area contributed by atoms with E-state index in [-0.39, 0.29) is 18.1 Å². The number of benzene rings is 1. The predicted octanol–water partition coefficient (Wildman–Crippen LogP) is 2.36. The number of carbonyl (C=O) groups is 1. The molecule has 3 heterocycles. The molecule has 0 saturated heterocycles. The van der Waals surface area contributed by atoms with Gasteiger partial charge in [-0.3, -0.25) is 9.78 Å². The lowest BCUT2D eigenvalue weighted by atomic mass is 10.3. The molecule has 9 heteroatoms. The van der Waals surface area contributed by atoms with E-state index < -0.39 is 5.82 Å². The number of para-hydroxylation sites is 2. The lowest BCUT2D eigenvalue weighted by Crippen LogP contribution is -2.25. The molecular weight excluding hydrogens is 397 g/mol. The first-order chi connectivity index (χ1) is 15.1. The smallest absolute Gasteiger partial charge is 0.272 e. The number of nitrogens with one attached hydrogen (secondary N) is 3. The summed E-state index contributed by atoms with van der Waals surface area (Å²) in [6, 6.07) is 10.8. The van der Waals surface area contributed by atoms with Crippen molar-refractivity contribution in [2.75, 3.05) is 13.1 Å². The zero-order valence-electron chi connectivity index (χ0n) is 17.2. The van der Waals surface area contributed by atoms with Crippen LogP contribution in [0.5, 0.6) is 0 Å². The van der Waals surface area contributed by atoms with Gasteiger partial charge in [-0.25, -0.2) is 14.4 Å². The zero-order valence-corrected chi connectivity index (χ0v) is 17.2. The van der Waals surface area contributed by atoms with Crippen LogP contribution in [0.3, 0.4) is 0 Å². The maximum atomic E-state index is 13.6. The third-order valence-corrected chi connectivity index (χ3v) is 5.07. The van der Waals surface area contributed by atoms with Gasteiger partial charge in [0, 0.05) is 37.9 Å². The number of halogens is 1. The van der Waals surface area contributed by atoms with Gasteiger partial charge in [-0.15, -0.1) is 0 Å². The average molecular weight is 421 g/mol. The monoisotopic (exact) mass is 421 g/mol. The van der Waals surface area contributed by atoms with Crippen molar-refractivity contribution in [1.29, 1.82) is 0 Å². The van der Waals surface area contributed by atoms with Crippen LogP contribution in [-0.2, 0) is 19.5 Å². The molecule has 4 rings (SSSR count). The summed E-state index contributed by atoms with van der Waals surface area (Å²) in [5, 5.41) is 6.06. The Balaban J connectivity index is 1.23. The molecule has 160 valence electrons. The summed E-state index contributed by atoms with van der Waals surface area (Å²) < 4.78 is 15.6. The Bertz CT molecular complexity index is 1150. The van der Waals surface area contributed by atoms with Gasteiger partial charge in [0.05, 0.1) is 29.6 Å².